The predicted molar refractivity (Wildman–Crippen MR) is 134 cm³/mol. The molecule has 2 aromatic heterocycles. The summed E-state index contributed by atoms with van der Waals surface area (Å²) in [5.74, 6) is -1.54. The number of carboxylic acid groups (broad SMARTS) is 1. The number of rotatable bonds is 9. The Morgan fingerprint density at radius 3 is 2.51 bits per heavy atom. The van der Waals surface area contributed by atoms with Crippen LogP contribution >= 0.6 is 0 Å². The summed E-state index contributed by atoms with van der Waals surface area (Å²) in [6, 6.07) is 15.1. The van der Waals surface area contributed by atoms with Crippen molar-refractivity contribution in [2.75, 3.05) is 5.32 Å². The first-order chi connectivity index (χ1) is 17.7. The molecule has 11 heteroatoms. The molecule has 0 aliphatic rings. The molecule has 2 heterocycles. The van der Waals surface area contributed by atoms with Gasteiger partial charge in [-0.1, -0.05) is 29.8 Å². The molecule has 0 aliphatic heterocycles. The zero-order valence-corrected chi connectivity index (χ0v) is 20.1. The third kappa shape index (κ3) is 6.07. The third-order valence-electron chi connectivity index (χ3n) is 5.52. The van der Waals surface area contributed by atoms with Crippen molar-refractivity contribution in [2.24, 2.45) is 0 Å². The lowest BCUT2D eigenvalue weighted by Gasteiger charge is -2.16. The molecule has 0 saturated heterocycles. The van der Waals surface area contributed by atoms with E-state index < -0.39 is 29.6 Å². The second kappa shape index (κ2) is 10.9. The quantitative estimate of drug-likeness (QED) is 0.353. The van der Waals surface area contributed by atoms with Gasteiger partial charge in [-0.3, -0.25) is 9.36 Å². The van der Waals surface area contributed by atoms with Crippen molar-refractivity contribution >= 4 is 17.6 Å². The van der Waals surface area contributed by atoms with Crippen LogP contribution in [0.5, 0.6) is 11.6 Å². The predicted octanol–water partition coefficient (Wildman–Crippen LogP) is 3.61. The molecule has 0 spiro atoms. The first kappa shape index (κ1) is 25.3. The van der Waals surface area contributed by atoms with Gasteiger partial charge >= 0.3 is 17.3 Å². The van der Waals surface area contributed by atoms with Crippen LogP contribution < -0.4 is 21.4 Å². The highest BCUT2D eigenvalue weighted by Gasteiger charge is 2.16. The van der Waals surface area contributed by atoms with E-state index in [9.17, 15) is 18.8 Å². The van der Waals surface area contributed by atoms with Gasteiger partial charge in [0.1, 0.15) is 5.75 Å². The number of ether oxygens (including phenoxy) is 1. The van der Waals surface area contributed by atoms with Crippen molar-refractivity contribution in [3.63, 3.8) is 0 Å². The summed E-state index contributed by atoms with van der Waals surface area (Å²) in [6.45, 7) is 3.48. The number of aromatic nitrogens is 4. The van der Waals surface area contributed by atoms with Crippen LogP contribution in [0.25, 0.3) is 0 Å². The van der Waals surface area contributed by atoms with E-state index in [0.717, 1.165) is 15.7 Å². The molecule has 0 atom stereocenters. The van der Waals surface area contributed by atoms with Crippen molar-refractivity contribution in [3.8, 4) is 11.6 Å². The number of aryl methyl sites for hydroxylation is 2. The van der Waals surface area contributed by atoms with Gasteiger partial charge in [-0.25, -0.2) is 23.5 Å². The lowest BCUT2D eigenvalue weighted by atomic mass is 10.1. The van der Waals surface area contributed by atoms with Crippen LogP contribution in [-0.4, -0.2) is 30.2 Å². The maximum Gasteiger partial charge on any atom is 0.354 e. The molecular formula is C26H24FN5O5. The normalized spacial score (nSPS) is 10.8. The molecule has 190 valence electrons. The van der Waals surface area contributed by atoms with Crippen molar-refractivity contribution < 1.29 is 19.0 Å². The molecule has 0 saturated carbocycles. The topological polar surface area (TPSA) is 128 Å². The van der Waals surface area contributed by atoms with Crippen LogP contribution in [0.15, 0.2) is 70.4 Å². The van der Waals surface area contributed by atoms with E-state index in [0.29, 0.717) is 17.0 Å². The zero-order chi connectivity index (χ0) is 26.5. The molecule has 2 N–H and O–H groups in total. The minimum absolute atomic E-state index is 0.00834. The monoisotopic (exact) mass is 505 g/mol. The second-order valence-electron chi connectivity index (χ2n) is 8.37. The average Bonchev–Trinajstić information content (AvgIpc) is 2.85. The van der Waals surface area contributed by atoms with Gasteiger partial charge in [-0.15, -0.1) is 0 Å². The first-order valence-corrected chi connectivity index (χ1v) is 11.4. The van der Waals surface area contributed by atoms with Gasteiger partial charge in [0.25, 0.3) is 5.88 Å². The number of carbonyl (C=O) groups is 1. The van der Waals surface area contributed by atoms with Crippen LogP contribution in [-0.2, 0) is 17.9 Å². The number of nitrogens with zero attached hydrogens (tertiary/aromatic N) is 4. The highest BCUT2D eigenvalue weighted by atomic mass is 19.1. The SMILES string of the molecule is Cc1ccc(Cn2c(Nc3ccc(Oc4ncccc4F)c(C)c3)nc(=O)n(CCC(=O)O)c2=O)cc1. The number of hydrogen-bond acceptors (Lipinski definition) is 7. The molecule has 0 fully saturated rings. The number of aliphatic carboxylic acids is 1. The Balaban J connectivity index is 1.68. The molecule has 37 heavy (non-hydrogen) atoms. The fourth-order valence-electron chi connectivity index (χ4n) is 3.56. The van der Waals surface area contributed by atoms with Crippen molar-refractivity contribution in [3.05, 3.63) is 104 Å². The average molecular weight is 506 g/mol. The summed E-state index contributed by atoms with van der Waals surface area (Å²) in [6.07, 6.45) is 1.02. The van der Waals surface area contributed by atoms with E-state index in [1.165, 1.54) is 22.9 Å². The zero-order valence-electron chi connectivity index (χ0n) is 20.1. The molecule has 4 aromatic rings. The fraction of sp³-hybridized carbons (Fsp3) is 0.192. The van der Waals surface area contributed by atoms with Crippen molar-refractivity contribution in [2.45, 2.75) is 33.4 Å². The number of carboxylic acids is 1. The Labute approximate surface area is 210 Å². The summed E-state index contributed by atoms with van der Waals surface area (Å²) in [7, 11) is 0. The van der Waals surface area contributed by atoms with Crippen LogP contribution in [0, 0.1) is 19.7 Å². The molecule has 2 aromatic carbocycles. The maximum atomic E-state index is 13.9. The Morgan fingerprint density at radius 1 is 1.08 bits per heavy atom. The van der Waals surface area contributed by atoms with E-state index >= 15 is 0 Å². The minimum atomic E-state index is -1.14. The van der Waals surface area contributed by atoms with Gasteiger partial charge in [-0.2, -0.15) is 4.98 Å². The van der Waals surface area contributed by atoms with Crippen LogP contribution in [0.3, 0.4) is 0 Å². The van der Waals surface area contributed by atoms with Gasteiger partial charge in [0.05, 0.1) is 13.0 Å². The Kier molecular flexibility index (Phi) is 7.42. The molecular weight excluding hydrogens is 481 g/mol. The molecule has 0 radical (unpaired) electrons. The maximum absolute atomic E-state index is 13.9. The summed E-state index contributed by atoms with van der Waals surface area (Å²) < 4.78 is 21.6. The van der Waals surface area contributed by atoms with Gasteiger partial charge in [0.2, 0.25) is 5.95 Å². The van der Waals surface area contributed by atoms with E-state index in [-0.39, 0.29) is 24.9 Å². The lowest BCUT2D eigenvalue weighted by molar-refractivity contribution is -0.137. The molecule has 0 aliphatic carbocycles. The number of benzene rings is 2. The minimum Gasteiger partial charge on any atom is -0.481 e. The van der Waals surface area contributed by atoms with Crippen LogP contribution in [0.4, 0.5) is 16.0 Å². The molecule has 0 unspecified atom stereocenters. The van der Waals surface area contributed by atoms with E-state index in [1.807, 2.05) is 31.2 Å². The summed E-state index contributed by atoms with van der Waals surface area (Å²) in [5, 5.41) is 12.0. The molecule has 0 bridgehead atoms. The lowest BCUT2D eigenvalue weighted by Crippen LogP contribution is -2.43. The number of anilines is 2. The molecule has 4 rings (SSSR count). The van der Waals surface area contributed by atoms with Crippen molar-refractivity contribution in [1.29, 1.82) is 0 Å². The molecule has 10 nitrogen and oxygen atoms in total. The highest BCUT2D eigenvalue weighted by Crippen LogP contribution is 2.28. The van der Waals surface area contributed by atoms with Gasteiger partial charge in [-0.05, 0) is 55.3 Å². The summed E-state index contributed by atoms with van der Waals surface area (Å²) >= 11 is 0. The third-order valence-corrected chi connectivity index (χ3v) is 5.52. The Bertz CT molecular complexity index is 1560. The standard InChI is InChI=1S/C26H24FN5O5/c1-16-5-7-18(8-6-16)15-32-24(30-25(35)31(26(32)36)13-11-22(33)34)29-19-9-10-21(17(2)14-19)37-23-20(27)4-3-12-28-23/h3-10,12,14H,11,13,15H2,1-2H3,(H,33,34)(H,29,30,35). The van der Waals surface area contributed by atoms with E-state index in [2.05, 4.69) is 15.3 Å². The van der Waals surface area contributed by atoms with Crippen molar-refractivity contribution in [1.82, 2.24) is 19.1 Å². The van der Waals surface area contributed by atoms with Gasteiger partial charge in [0.15, 0.2) is 5.82 Å². The summed E-state index contributed by atoms with van der Waals surface area (Å²) in [4.78, 5) is 44.8. The molecule has 0 amide bonds. The smallest absolute Gasteiger partial charge is 0.354 e. The fourth-order valence-corrected chi connectivity index (χ4v) is 3.56. The highest BCUT2D eigenvalue weighted by molar-refractivity contribution is 5.66. The van der Waals surface area contributed by atoms with E-state index in [1.54, 1.807) is 25.1 Å². The van der Waals surface area contributed by atoms with Crippen LogP contribution in [0.1, 0.15) is 23.1 Å². The largest absolute Gasteiger partial charge is 0.481 e. The number of hydrogen-bond donors (Lipinski definition) is 2. The van der Waals surface area contributed by atoms with Gasteiger partial charge in [0, 0.05) is 18.4 Å². The number of pyridine rings is 1. The Hall–Kier alpha value is -4.80. The van der Waals surface area contributed by atoms with E-state index in [4.69, 9.17) is 9.84 Å². The summed E-state index contributed by atoms with van der Waals surface area (Å²) in [5.41, 5.74) is 1.42. The number of nitrogens with one attached hydrogen (secondary N) is 1. The van der Waals surface area contributed by atoms with Gasteiger partial charge < -0.3 is 15.2 Å². The second-order valence-corrected chi connectivity index (χ2v) is 8.37. The first-order valence-electron chi connectivity index (χ1n) is 11.4. The van der Waals surface area contributed by atoms with Crippen LogP contribution in [0.2, 0.25) is 0 Å². The Morgan fingerprint density at radius 2 is 1.84 bits per heavy atom. The number of halogens is 1.